The molecule has 4 aliphatic heterocycles. The van der Waals surface area contributed by atoms with Gasteiger partial charge in [0, 0.05) is 95.0 Å². The van der Waals surface area contributed by atoms with Crippen molar-refractivity contribution < 1.29 is 33.5 Å². The highest BCUT2D eigenvalue weighted by Gasteiger charge is 2.39. The average molecular weight is 812 g/mol. The summed E-state index contributed by atoms with van der Waals surface area (Å²) in [6.45, 7) is 6.21. The molecule has 1 saturated carbocycles. The number of urea groups is 1. The number of anilines is 2. The molecular weight excluding hydrogens is 759 g/mol. The highest BCUT2D eigenvalue weighted by atomic mass is 16.5. The number of ether oxygens (including phenoxy) is 1. The van der Waals surface area contributed by atoms with E-state index in [1.165, 1.54) is 0 Å². The number of rotatable bonds is 14. The Morgan fingerprint density at radius 2 is 1.71 bits per heavy atom. The molecule has 0 bridgehead atoms. The van der Waals surface area contributed by atoms with Crippen molar-refractivity contribution >= 4 is 52.6 Å². The number of likely N-dealkylation sites (tertiary alicyclic amines) is 1. The van der Waals surface area contributed by atoms with E-state index in [0.717, 1.165) is 87.4 Å². The van der Waals surface area contributed by atoms with Crippen LogP contribution in [0.5, 0.6) is 0 Å². The average Bonchev–Trinajstić information content (AvgIpc) is 4.08. The van der Waals surface area contributed by atoms with Gasteiger partial charge in [-0.15, -0.1) is 0 Å². The van der Waals surface area contributed by atoms with Gasteiger partial charge in [0.2, 0.25) is 23.6 Å². The Bertz CT molecular complexity index is 2080. The smallest absolute Gasteiger partial charge is 0.322 e. The Kier molecular flexibility index (Phi) is 12.3. The first kappa shape index (κ1) is 40.2. The van der Waals surface area contributed by atoms with Crippen LogP contribution < -0.4 is 26.2 Å². The van der Waals surface area contributed by atoms with Crippen molar-refractivity contribution in [1.29, 1.82) is 0 Å². The summed E-state index contributed by atoms with van der Waals surface area (Å²) in [5.74, 6) is -0.996. The maximum absolute atomic E-state index is 13.5. The summed E-state index contributed by atoms with van der Waals surface area (Å²) < 4.78 is 7.59. The number of hydrogen-bond donors (Lipinski definition) is 4. The molecule has 3 saturated heterocycles. The number of carbonyl (C=O) groups is 6. The van der Waals surface area contributed by atoms with Gasteiger partial charge in [0.25, 0.3) is 5.91 Å². The number of imide groups is 1. The molecule has 18 nitrogen and oxygen atoms in total. The van der Waals surface area contributed by atoms with Crippen molar-refractivity contribution in [2.75, 3.05) is 75.8 Å². The van der Waals surface area contributed by atoms with Crippen LogP contribution >= 0.6 is 0 Å². The van der Waals surface area contributed by atoms with Crippen LogP contribution in [0.15, 0.2) is 36.7 Å². The number of benzene rings is 1. The highest BCUT2D eigenvalue weighted by molar-refractivity contribution is 6.05. The van der Waals surface area contributed by atoms with Crippen molar-refractivity contribution in [3.05, 3.63) is 53.5 Å². The Morgan fingerprint density at radius 1 is 0.898 bits per heavy atom. The van der Waals surface area contributed by atoms with Crippen molar-refractivity contribution in [3.63, 3.8) is 0 Å². The lowest BCUT2D eigenvalue weighted by molar-refractivity contribution is -0.137. The van der Waals surface area contributed by atoms with Gasteiger partial charge in [0.05, 0.1) is 37.0 Å². The van der Waals surface area contributed by atoms with E-state index in [1.54, 1.807) is 22.2 Å². The molecule has 0 radical (unpaired) electrons. The molecule has 7 amide bonds. The van der Waals surface area contributed by atoms with E-state index in [0.29, 0.717) is 50.4 Å². The fourth-order valence-electron chi connectivity index (χ4n) is 9.09. The summed E-state index contributed by atoms with van der Waals surface area (Å²) in [6, 6.07) is 6.14. The van der Waals surface area contributed by atoms with Crippen molar-refractivity contribution in [1.82, 2.24) is 45.2 Å². The van der Waals surface area contributed by atoms with Crippen LogP contribution in [0, 0.1) is 0 Å². The maximum atomic E-state index is 13.5. The molecule has 2 unspecified atom stereocenters. The molecule has 2 atom stereocenters. The molecule has 8 rings (SSSR count). The zero-order valence-corrected chi connectivity index (χ0v) is 33.3. The van der Waals surface area contributed by atoms with Gasteiger partial charge < -0.3 is 35.4 Å². The summed E-state index contributed by atoms with van der Waals surface area (Å²) in [7, 11) is 0. The summed E-state index contributed by atoms with van der Waals surface area (Å²) >= 11 is 0. The molecule has 18 heteroatoms. The van der Waals surface area contributed by atoms with Gasteiger partial charge in [0.1, 0.15) is 12.1 Å². The molecule has 4 fully saturated rings. The first-order valence-corrected chi connectivity index (χ1v) is 21.0. The summed E-state index contributed by atoms with van der Waals surface area (Å²) in [5, 5.41) is 15.6. The number of nitrogens with one attached hydrogen (secondary N) is 4. The quantitative estimate of drug-likeness (QED) is 0.136. The molecule has 59 heavy (non-hydrogen) atoms. The molecule has 314 valence electrons. The van der Waals surface area contributed by atoms with Crippen LogP contribution in [0.2, 0.25) is 0 Å². The van der Waals surface area contributed by atoms with Crippen LogP contribution in [0.1, 0.15) is 85.3 Å². The number of piperazine rings is 1. The first-order chi connectivity index (χ1) is 28.7. The number of hydrogen-bond acceptors (Lipinski definition) is 11. The fraction of sp³-hybridized carbons (Fsp3) is 0.561. The van der Waals surface area contributed by atoms with Gasteiger partial charge in [-0.3, -0.25) is 34.2 Å². The number of fused-ring (bicyclic) bond motifs is 2. The zero-order chi connectivity index (χ0) is 40.9. The number of nitrogens with zero attached hydrogens (tertiary/aromatic N) is 7. The second-order valence-corrected chi connectivity index (χ2v) is 16.0. The lowest BCUT2D eigenvalue weighted by atomic mass is 10.0. The second kappa shape index (κ2) is 18.1. The summed E-state index contributed by atoms with van der Waals surface area (Å²) in [4.78, 5) is 88.3. The minimum Gasteiger partial charge on any atom is -0.380 e. The van der Waals surface area contributed by atoms with Crippen LogP contribution in [0.25, 0.3) is 5.65 Å². The molecule has 0 spiro atoms. The van der Waals surface area contributed by atoms with Crippen molar-refractivity contribution in [2.24, 2.45) is 0 Å². The largest absolute Gasteiger partial charge is 0.380 e. The van der Waals surface area contributed by atoms with Crippen LogP contribution in [0.4, 0.5) is 16.2 Å². The van der Waals surface area contributed by atoms with Gasteiger partial charge in [-0.2, -0.15) is 5.10 Å². The van der Waals surface area contributed by atoms with E-state index in [9.17, 15) is 28.8 Å². The molecule has 5 aliphatic rings. The first-order valence-electron chi connectivity index (χ1n) is 21.0. The number of aromatic nitrogens is 3. The Balaban J connectivity index is 0.694. The predicted octanol–water partition coefficient (Wildman–Crippen LogP) is 1.61. The van der Waals surface area contributed by atoms with Crippen LogP contribution in [-0.4, -0.2) is 143 Å². The van der Waals surface area contributed by atoms with Crippen molar-refractivity contribution in [3.8, 4) is 0 Å². The number of amides is 7. The van der Waals surface area contributed by atoms with Gasteiger partial charge in [-0.25, -0.2) is 14.3 Å². The van der Waals surface area contributed by atoms with Gasteiger partial charge in [-0.1, -0.05) is 12.8 Å². The molecular formula is C41H53N11O7. The molecule has 3 aromatic rings. The van der Waals surface area contributed by atoms with E-state index < -0.39 is 18.0 Å². The summed E-state index contributed by atoms with van der Waals surface area (Å²) in [6.07, 6.45) is 9.80. The third kappa shape index (κ3) is 9.02. The molecule has 2 aromatic heterocycles. The van der Waals surface area contributed by atoms with Crippen LogP contribution in [0.3, 0.4) is 0 Å². The SMILES string of the molecule is O=C(CCOCCN1CCN(c2ccc3c(c2)CN(C2CCC(=O)NC2=O)C3=O)CC1)NCCNC(=O)C1CCCN1C(=O)Nc1cnc2ccnn2c1C1CCCC1. The monoisotopic (exact) mass is 811 g/mol. The minimum atomic E-state index is -0.627. The topological polar surface area (TPSA) is 203 Å². The van der Waals surface area contributed by atoms with E-state index in [2.05, 4.69) is 41.1 Å². The Labute approximate surface area is 342 Å². The van der Waals surface area contributed by atoms with E-state index >= 15 is 0 Å². The Hall–Kier alpha value is -5.62. The van der Waals surface area contributed by atoms with E-state index in [-0.39, 0.29) is 61.5 Å². The maximum Gasteiger partial charge on any atom is 0.322 e. The highest BCUT2D eigenvalue weighted by Crippen LogP contribution is 2.38. The minimum absolute atomic E-state index is 0.160. The predicted molar refractivity (Wildman–Crippen MR) is 216 cm³/mol. The molecule has 1 aromatic carbocycles. The third-order valence-electron chi connectivity index (χ3n) is 12.3. The molecule has 4 N–H and O–H groups in total. The Morgan fingerprint density at radius 3 is 2.53 bits per heavy atom. The number of piperidine rings is 1. The number of carbonyl (C=O) groups excluding carboxylic acids is 6. The standard InChI is InChI=1S/C41H53N11O7/c53-35(42-14-15-43-38(55)32-6-3-16-50(32)41(58)46-31-25-44-34-11-13-45-52(34)37(31)27-4-1-2-5-27)12-22-59-23-21-48-17-19-49(20-18-48)29-7-8-30-28(24-29)26-51(40(30)57)33-9-10-36(54)47-39(33)56/h7-8,11,13,24-25,27,32-33H,1-6,9-10,12,14-23,26H2,(H,42,53)(H,43,55)(H,46,58)(H,47,54,56). The molecule has 1 aliphatic carbocycles. The fourth-order valence-corrected chi connectivity index (χ4v) is 9.09. The molecule has 6 heterocycles. The lowest BCUT2D eigenvalue weighted by Crippen LogP contribution is -2.52. The van der Waals surface area contributed by atoms with Gasteiger partial charge in [0.15, 0.2) is 5.65 Å². The van der Waals surface area contributed by atoms with Crippen LogP contribution in [-0.2, 0) is 30.5 Å². The normalized spacial score (nSPS) is 21.3. The lowest BCUT2D eigenvalue weighted by Gasteiger charge is -2.36. The second-order valence-electron chi connectivity index (χ2n) is 16.0. The van der Waals surface area contributed by atoms with Gasteiger partial charge in [-0.05, 0) is 55.9 Å². The van der Waals surface area contributed by atoms with E-state index in [4.69, 9.17) is 4.74 Å². The summed E-state index contributed by atoms with van der Waals surface area (Å²) in [5.41, 5.74) is 4.87. The zero-order valence-electron chi connectivity index (χ0n) is 33.3. The van der Waals surface area contributed by atoms with Crippen molar-refractivity contribution in [2.45, 2.75) is 82.3 Å². The van der Waals surface area contributed by atoms with E-state index in [1.807, 2.05) is 28.8 Å². The third-order valence-corrected chi connectivity index (χ3v) is 12.3. The van der Waals surface area contributed by atoms with Gasteiger partial charge >= 0.3 is 6.03 Å².